The third-order valence-corrected chi connectivity index (χ3v) is 6.29. The molecule has 1 amide bonds. The molecule has 2 heterocycles. The van der Waals surface area contributed by atoms with Gasteiger partial charge in [-0.25, -0.2) is 14.0 Å². The predicted molar refractivity (Wildman–Crippen MR) is 124 cm³/mol. The minimum absolute atomic E-state index is 0.128. The second-order valence-corrected chi connectivity index (χ2v) is 8.96. The topological polar surface area (TPSA) is 85.6 Å². The van der Waals surface area contributed by atoms with Gasteiger partial charge in [-0.15, -0.1) is 11.3 Å². The van der Waals surface area contributed by atoms with E-state index in [9.17, 15) is 18.8 Å². The van der Waals surface area contributed by atoms with Crippen molar-refractivity contribution in [1.29, 1.82) is 0 Å². The molecule has 0 radical (unpaired) electrons. The summed E-state index contributed by atoms with van der Waals surface area (Å²) in [6.45, 7) is 1.77. The Labute approximate surface area is 193 Å². The van der Waals surface area contributed by atoms with Crippen molar-refractivity contribution in [1.82, 2.24) is 0 Å². The second kappa shape index (κ2) is 8.68. The lowest BCUT2D eigenvalue weighted by Gasteiger charge is -2.08. The lowest BCUT2D eigenvalue weighted by molar-refractivity contribution is 0.0603. The quantitative estimate of drug-likeness (QED) is 0.275. The van der Waals surface area contributed by atoms with Crippen LogP contribution in [-0.2, 0) is 4.74 Å². The van der Waals surface area contributed by atoms with E-state index in [0.29, 0.717) is 27.0 Å². The van der Waals surface area contributed by atoms with E-state index in [4.69, 9.17) is 9.15 Å². The summed E-state index contributed by atoms with van der Waals surface area (Å²) in [6.07, 6.45) is 0. The molecule has 0 aliphatic heterocycles. The molecule has 4 rings (SSSR count). The van der Waals surface area contributed by atoms with E-state index in [-0.39, 0.29) is 16.1 Å². The zero-order valence-corrected chi connectivity index (χ0v) is 19.2. The number of rotatable bonds is 4. The van der Waals surface area contributed by atoms with Crippen LogP contribution in [0, 0.1) is 12.7 Å². The Morgan fingerprint density at radius 2 is 1.84 bits per heavy atom. The summed E-state index contributed by atoms with van der Waals surface area (Å²) in [5, 5.41) is 3.41. The van der Waals surface area contributed by atoms with E-state index in [1.165, 1.54) is 37.4 Å². The highest BCUT2D eigenvalue weighted by molar-refractivity contribution is 9.10. The molecule has 6 nitrogen and oxygen atoms in total. The number of anilines is 1. The van der Waals surface area contributed by atoms with E-state index < -0.39 is 23.3 Å². The molecule has 2 aromatic carbocycles. The average molecular weight is 516 g/mol. The van der Waals surface area contributed by atoms with E-state index in [0.717, 1.165) is 15.8 Å². The van der Waals surface area contributed by atoms with Crippen molar-refractivity contribution in [2.45, 2.75) is 6.92 Å². The molecule has 0 atom stereocenters. The highest BCUT2D eigenvalue weighted by Gasteiger charge is 2.26. The lowest BCUT2D eigenvalue weighted by atomic mass is 10.0. The van der Waals surface area contributed by atoms with E-state index in [1.54, 1.807) is 25.1 Å². The van der Waals surface area contributed by atoms with Crippen LogP contribution < -0.4 is 10.9 Å². The number of ether oxygens (including phenoxy) is 1. The summed E-state index contributed by atoms with van der Waals surface area (Å²) < 4.78 is 24.3. The maximum Gasteiger partial charge on any atom is 0.349 e. The number of fused-ring (bicyclic) bond motifs is 1. The number of esters is 1. The number of benzene rings is 2. The Bertz CT molecular complexity index is 1430. The first-order valence-electron chi connectivity index (χ1n) is 9.31. The molecular weight excluding hydrogens is 501 g/mol. The fourth-order valence-corrected chi connectivity index (χ4v) is 4.75. The molecule has 0 bridgehead atoms. The van der Waals surface area contributed by atoms with Crippen LogP contribution in [0.5, 0.6) is 0 Å². The van der Waals surface area contributed by atoms with Gasteiger partial charge >= 0.3 is 11.6 Å². The lowest BCUT2D eigenvalue weighted by Crippen LogP contribution is -2.21. The fourth-order valence-electron chi connectivity index (χ4n) is 3.32. The molecule has 162 valence electrons. The molecule has 32 heavy (non-hydrogen) atoms. The maximum atomic E-state index is 13.4. The zero-order chi connectivity index (χ0) is 23.0. The summed E-state index contributed by atoms with van der Waals surface area (Å²) in [5.74, 6) is -1.81. The third-order valence-electron chi connectivity index (χ3n) is 4.77. The maximum absolute atomic E-state index is 13.4. The molecule has 0 fully saturated rings. The van der Waals surface area contributed by atoms with Crippen LogP contribution in [0.1, 0.15) is 25.6 Å². The van der Waals surface area contributed by atoms with Gasteiger partial charge in [-0.3, -0.25) is 4.79 Å². The van der Waals surface area contributed by atoms with Crippen molar-refractivity contribution < 1.29 is 23.1 Å². The van der Waals surface area contributed by atoms with Crippen molar-refractivity contribution in [2.24, 2.45) is 0 Å². The molecule has 0 aliphatic carbocycles. The highest BCUT2D eigenvalue weighted by atomic mass is 79.9. The predicted octanol–water partition coefficient (Wildman–Crippen LogP) is 5.77. The molecule has 0 unspecified atom stereocenters. The van der Waals surface area contributed by atoms with Gasteiger partial charge in [0.05, 0.1) is 7.11 Å². The van der Waals surface area contributed by atoms with Gasteiger partial charge in [0.15, 0.2) is 0 Å². The molecule has 2 aromatic heterocycles. The van der Waals surface area contributed by atoms with Gasteiger partial charge < -0.3 is 14.5 Å². The molecule has 1 N–H and O–H groups in total. The van der Waals surface area contributed by atoms with Crippen molar-refractivity contribution in [3.63, 3.8) is 0 Å². The van der Waals surface area contributed by atoms with Crippen molar-refractivity contribution in [2.75, 3.05) is 12.4 Å². The number of aryl methyl sites for hydroxylation is 1. The van der Waals surface area contributed by atoms with Crippen LogP contribution in [0.15, 0.2) is 62.2 Å². The summed E-state index contributed by atoms with van der Waals surface area (Å²) >= 11 is 4.50. The van der Waals surface area contributed by atoms with Gasteiger partial charge in [-0.2, -0.15) is 0 Å². The Morgan fingerprint density at radius 3 is 2.53 bits per heavy atom. The molecule has 0 saturated carbocycles. The fraction of sp³-hybridized carbons (Fsp3) is 0.0870. The first kappa shape index (κ1) is 21.9. The molecule has 0 spiro atoms. The summed E-state index contributed by atoms with van der Waals surface area (Å²) in [7, 11) is 1.23. The van der Waals surface area contributed by atoms with Gasteiger partial charge in [0.1, 0.15) is 27.5 Å². The number of hydrogen-bond acceptors (Lipinski definition) is 6. The summed E-state index contributed by atoms with van der Waals surface area (Å²) in [6, 6.07) is 12.1. The van der Waals surface area contributed by atoms with Crippen molar-refractivity contribution in [3.05, 3.63) is 85.2 Å². The number of carbonyl (C=O) groups excluding carboxylic acids is 2. The van der Waals surface area contributed by atoms with Crippen molar-refractivity contribution >= 4 is 55.1 Å². The number of carbonyl (C=O) groups is 2. The SMILES string of the molecule is COC(=O)c1c(NC(=O)c2cc3cc(Br)ccc3oc2=O)sc(C)c1-c1ccc(F)cc1. The normalized spacial score (nSPS) is 10.9. The smallest absolute Gasteiger partial charge is 0.349 e. The Kier molecular flexibility index (Phi) is 5.94. The molecule has 0 saturated heterocycles. The van der Waals surface area contributed by atoms with E-state index >= 15 is 0 Å². The number of methoxy groups -OCH3 is 1. The van der Waals surface area contributed by atoms with Gasteiger partial charge in [0.25, 0.3) is 5.91 Å². The van der Waals surface area contributed by atoms with Gasteiger partial charge in [0.2, 0.25) is 0 Å². The summed E-state index contributed by atoms with van der Waals surface area (Å²) in [4.78, 5) is 38.6. The van der Waals surface area contributed by atoms with Crippen molar-refractivity contribution in [3.8, 4) is 11.1 Å². The minimum atomic E-state index is -0.802. The minimum Gasteiger partial charge on any atom is -0.465 e. The average Bonchev–Trinajstić information content (AvgIpc) is 3.09. The number of nitrogens with one attached hydrogen (secondary N) is 1. The number of halogens is 2. The standard InChI is InChI=1S/C23H15BrFNO5S/c1-11-18(12-3-6-15(25)7-4-12)19(23(29)30-2)21(32-11)26-20(27)16-10-13-9-14(24)5-8-17(13)31-22(16)28/h3-10H,1-2H3,(H,26,27). The van der Waals surface area contributed by atoms with Crippen LogP contribution in [0.25, 0.3) is 22.1 Å². The van der Waals surface area contributed by atoms with Gasteiger partial charge in [-0.05, 0) is 48.9 Å². The number of hydrogen-bond donors (Lipinski definition) is 1. The summed E-state index contributed by atoms with van der Waals surface area (Å²) in [5.41, 5.74) is 0.575. The van der Waals surface area contributed by atoms with Crippen LogP contribution in [-0.4, -0.2) is 19.0 Å². The van der Waals surface area contributed by atoms with Crippen LogP contribution in [0.3, 0.4) is 0 Å². The molecular formula is C23H15BrFNO5S. The van der Waals surface area contributed by atoms with Gasteiger partial charge in [-0.1, -0.05) is 28.1 Å². The second-order valence-electron chi connectivity index (χ2n) is 6.82. The van der Waals surface area contributed by atoms with E-state index in [2.05, 4.69) is 21.2 Å². The van der Waals surface area contributed by atoms with E-state index in [1.807, 2.05) is 0 Å². The van der Waals surface area contributed by atoms with Crippen LogP contribution in [0.2, 0.25) is 0 Å². The first-order valence-corrected chi connectivity index (χ1v) is 10.9. The Hall–Kier alpha value is -3.30. The molecule has 0 aliphatic rings. The van der Waals surface area contributed by atoms with Crippen LogP contribution in [0.4, 0.5) is 9.39 Å². The molecule has 4 aromatic rings. The number of thiophene rings is 1. The largest absolute Gasteiger partial charge is 0.465 e. The first-order chi connectivity index (χ1) is 15.3. The van der Waals surface area contributed by atoms with Crippen LogP contribution >= 0.6 is 27.3 Å². The zero-order valence-electron chi connectivity index (χ0n) is 16.8. The monoisotopic (exact) mass is 515 g/mol. The van der Waals surface area contributed by atoms with Gasteiger partial charge in [0, 0.05) is 20.3 Å². The highest BCUT2D eigenvalue weighted by Crippen LogP contribution is 2.40. The Balaban J connectivity index is 1.78. The third kappa shape index (κ3) is 4.09. The Morgan fingerprint density at radius 1 is 1.12 bits per heavy atom. The number of amides is 1. The molecule has 9 heteroatoms.